The Bertz CT molecular complexity index is 514. The average molecular weight is 291 g/mol. The van der Waals surface area contributed by atoms with Gasteiger partial charge in [0.2, 0.25) is 0 Å². The summed E-state index contributed by atoms with van der Waals surface area (Å²) in [7, 11) is 4.25. The zero-order valence-electron chi connectivity index (χ0n) is 13.1. The molecule has 2 rings (SSSR count). The molecule has 1 aromatic carbocycles. The summed E-state index contributed by atoms with van der Waals surface area (Å²) in [5, 5.41) is 4.91. The smallest absolute Gasteiger partial charge is 0.111 e. The van der Waals surface area contributed by atoms with Gasteiger partial charge in [-0.2, -0.15) is 0 Å². The lowest BCUT2D eigenvalue weighted by molar-refractivity contribution is 0.273. The van der Waals surface area contributed by atoms with Gasteiger partial charge in [-0.15, -0.1) is 11.3 Å². The van der Waals surface area contributed by atoms with E-state index in [0.717, 1.165) is 12.1 Å². The summed E-state index contributed by atoms with van der Waals surface area (Å²) in [5.74, 6) is 0.606. The molecule has 0 saturated heterocycles. The lowest BCUT2D eigenvalue weighted by Gasteiger charge is -2.28. The maximum atomic E-state index is 4.75. The second-order valence-corrected chi connectivity index (χ2v) is 7.08. The van der Waals surface area contributed by atoms with Crippen LogP contribution in [0.1, 0.15) is 31.8 Å². The zero-order chi connectivity index (χ0) is 14.7. The number of para-hydroxylation sites is 1. The molecule has 1 heterocycles. The van der Waals surface area contributed by atoms with Crippen molar-refractivity contribution in [2.45, 2.75) is 32.9 Å². The second-order valence-electron chi connectivity index (χ2n) is 6.02. The minimum atomic E-state index is 0.291. The number of likely N-dealkylation sites (N-methyl/N-ethyl adjacent to an activating group) is 1. The van der Waals surface area contributed by atoms with E-state index < -0.39 is 0 Å². The number of hydrogen-bond donors (Lipinski definition) is 1. The first kappa shape index (κ1) is 15.4. The van der Waals surface area contributed by atoms with Gasteiger partial charge in [-0.3, -0.25) is 0 Å². The molecular formula is C16H25N3S. The van der Waals surface area contributed by atoms with E-state index in [1.807, 2.05) is 6.07 Å². The molecule has 2 aromatic rings. The van der Waals surface area contributed by atoms with Gasteiger partial charge in [0, 0.05) is 12.6 Å². The number of aromatic nitrogens is 1. The predicted octanol–water partition coefficient (Wildman–Crippen LogP) is 3.53. The van der Waals surface area contributed by atoms with E-state index >= 15 is 0 Å². The molecule has 1 aromatic heterocycles. The molecule has 110 valence electrons. The molecule has 0 aliphatic carbocycles. The highest BCUT2D eigenvalue weighted by Gasteiger charge is 2.19. The van der Waals surface area contributed by atoms with Crippen LogP contribution in [-0.4, -0.2) is 36.6 Å². The van der Waals surface area contributed by atoms with Crippen molar-refractivity contribution in [2.24, 2.45) is 5.92 Å². The maximum absolute atomic E-state index is 4.75. The fraction of sp³-hybridized carbons (Fsp3) is 0.562. The third kappa shape index (κ3) is 3.78. The fourth-order valence-electron chi connectivity index (χ4n) is 2.32. The van der Waals surface area contributed by atoms with Crippen LogP contribution in [-0.2, 0) is 0 Å². The molecule has 2 atom stereocenters. The Morgan fingerprint density at radius 1 is 1.20 bits per heavy atom. The Kier molecular flexibility index (Phi) is 5.13. The lowest BCUT2D eigenvalue weighted by atomic mass is 10.0. The molecule has 0 aliphatic heterocycles. The number of benzene rings is 1. The molecule has 0 amide bonds. The number of fused-ring (bicyclic) bond motifs is 1. The maximum Gasteiger partial charge on any atom is 0.111 e. The first-order valence-corrected chi connectivity index (χ1v) is 8.05. The number of thiazole rings is 1. The Morgan fingerprint density at radius 2 is 1.90 bits per heavy atom. The van der Waals surface area contributed by atoms with Crippen LogP contribution in [0.5, 0.6) is 0 Å². The van der Waals surface area contributed by atoms with Crippen LogP contribution in [0.25, 0.3) is 10.2 Å². The van der Waals surface area contributed by atoms with Crippen molar-refractivity contribution in [3.05, 3.63) is 29.3 Å². The molecule has 0 radical (unpaired) electrons. The van der Waals surface area contributed by atoms with Gasteiger partial charge in [0.1, 0.15) is 5.01 Å². The van der Waals surface area contributed by atoms with Gasteiger partial charge < -0.3 is 10.2 Å². The minimum absolute atomic E-state index is 0.291. The van der Waals surface area contributed by atoms with Crippen LogP contribution in [0.4, 0.5) is 0 Å². The molecular weight excluding hydrogens is 266 g/mol. The Hall–Kier alpha value is -0.970. The molecule has 20 heavy (non-hydrogen) atoms. The summed E-state index contributed by atoms with van der Waals surface area (Å²) in [6.07, 6.45) is 0. The number of rotatable bonds is 6. The van der Waals surface area contributed by atoms with Crippen LogP contribution >= 0.6 is 11.3 Å². The van der Waals surface area contributed by atoms with Crippen LogP contribution < -0.4 is 5.32 Å². The quantitative estimate of drug-likeness (QED) is 0.882. The fourth-order valence-corrected chi connectivity index (χ4v) is 3.30. The van der Waals surface area contributed by atoms with E-state index in [0.29, 0.717) is 18.0 Å². The van der Waals surface area contributed by atoms with Crippen molar-refractivity contribution >= 4 is 21.6 Å². The van der Waals surface area contributed by atoms with Crippen molar-refractivity contribution < 1.29 is 0 Å². The molecule has 0 fully saturated rings. The minimum Gasteiger partial charge on any atom is -0.308 e. The summed E-state index contributed by atoms with van der Waals surface area (Å²) in [4.78, 5) is 6.99. The van der Waals surface area contributed by atoms with Crippen molar-refractivity contribution in [2.75, 3.05) is 20.6 Å². The number of nitrogens with zero attached hydrogens (tertiary/aromatic N) is 2. The van der Waals surface area contributed by atoms with Gasteiger partial charge in [-0.25, -0.2) is 4.98 Å². The number of hydrogen-bond acceptors (Lipinski definition) is 4. The summed E-state index contributed by atoms with van der Waals surface area (Å²) in [6.45, 7) is 7.80. The van der Waals surface area contributed by atoms with Crippen molar-refractivity contribution in [3.8, 4) is 0 Å². The largest absolute Gasteiger partial charge is 0.308 e. The summed E-state index contributed by atoms with van der Waals surface area (Å²) in [6, 6.07) is 9.12. The predicted molar refractivity (Wildman–Crippen MR) is 88.4 cm³/mol. The first-order chi connectivity index (χ1) is 9.47. The molecule has 1 N–H and O–H groups in total. The SMILES string of the molecule is CC(NC(CN(C)C)C(C)C)c1nc2ccccc2s1. The van der Waals surface area contributed by atoms with E-state index in [9.17, 15) is 0 Å². The van der Waals surface area contributed by atoms with E-state index in [1.165, 1.54) is 9.71 Å². The average Bonchev–Trinajstić information content (AvgIpc) is 2.81. The molecule has 0 aliphatic rings. The highest BCUT2D eigenvalue weighted by molar-refractivity contribution is 7.18. The van der Waals surface area contributed by atoms with Crippen LogP contribution in [0, 0.1) is 5.92 Å². The zero-order valence-corrected chi connectivity index (χ0v) is 13.9. The highest BCUT2D eigenvalue weighted by atomic mass is 32.1. The van der Waals surface area contributed by atoms with Gasteiger partial charge in [0.15, 0.2) is 0 Å². The summed E-state index contributed by atoms with van der Waals surface area (Å²) in [5.41, 5.74) is 1.11. The van der Waals surface area contributed by atoms with E-state index in [-0.39, 0.29) is 0 Å². The molecule has 3 nitrogen and oxygen atoms in total. The van der Waals surface area contributed by atoms with Gasteiger partial charge in [0.05, 0.1) is 16.3 Å². The molecule has 2 unspecified atom stereocenters. The topological polar surface area (TPSA) is 28.2 Å². The van der Waals surface area contributed by atoms with Gasteiger partial charge in [0.25, 0.3) is 0 Å². The molecule has 4 heteroatoms. The Balaban J connectivity index is 2.11. The number of nitrogens with one attached hydrogen (secondary N) is 1. The first-order valence-electron chi connectivity index (χ1n) is 7.23. The van der Waals surface area contributed by atoms with Gasteiger partial charge in [-0.1, -0.05) is 26.0 Å². The van der Waals surface area contributed by atoms with Gasteiger partial charge >= 0.3 is 0 Å². The van der Waals surface area contributed by atoms with Crippen LogP contribution in [0.2, 0.25) is 0 Å². The van der Waals surface area contributed by atoms with E-state index in [1.54, 1.807) is 11.3 Å². The highest BCUT2D eigenvalue weighted by Crippen LogP contribution is 2.26. The van der Waals surface area contributed by atoms with Crippen molar-refractivity contribution in [1.29, 1.82) is 0 Å². The molecule has 0 bridgehead atoms. The standard InChI is InChI=1S/C16H25N3S/c1-11(2)14(10-19(4)5)17-12(3)16-18-13-8-6-7-9-15(13)20-16/h6-9,11-12,14,17H,10H2,1-5H3. The van der Waals surface area contributed by atoms with E-state index in [4.69, 9.17) is 4.98 Å². The normalized spacial score (nSPS) is 15.2. The summed E-state index contributed by atoms with van der Waals surface area (Å²) >= 11 is 1.79. The molecule has 0 spiro atoms. The summed E-state index contributed by atoms with van der Waals surface area (Å²) < 4.78 is 1.27. The lowest BCUT2D eigenvalue weighted by Crippen LogP contribution is -2.43. The van der Waals surface area contributed by atoms with Crippen molar-refractivity contribution in [3.63, 3.8) is 0 Å². The van der Waals surface area contributed by atoms with Gasteiger partial charge in [-0.05, 0) is 39.1 Å². The Morgan fingerprint density at radius 3 is 2.50 bits per heavy atom. The molecule has 0 saturated carbocycles. The van der Waals surface area contributed by atoms with Crippen molar-refractivity contribution in [1.82, 2.24) is 15.2 Å². The monoisotopic (exact) mass is 291 g/mol. The Labute approximate surface area is 126 Å². The van der Waals surface area contributed by atoms with Crippen LogP contribution in [0.15, 0.2) is 24.3 Å². The van der Waals surface area contributed by atoms with E-state index in [2.05, 4.69) is 63.3 Å². The second kappa shape index (κ2) is 6.66. The van der Waals surface area contributed by atoms with Crippen LogP contribution in [0.3, 0.4) is 0 Å². The third-order valence-corrected chi connectivity index (χ3v) is 4.73. The third-order valence-electron chi connectivity index (χ3n) is 3.51.